The molecule has 0 radical (unpaired) electrons. The Balaban J connectivity index is 1.50. The first kappa shape index (κ1) is 15.5. The summed E-state index contributed by atoms with van der Waals surface area (Å²) < 4.78 is 20.6. The summed E-state index contributed by atoms with van der Waals surface area (Å²) in [5.74, 6) is 0.426. The molecular formula is C16H12N2O6. The van der Waals surface area contributed by atoms with Gasteiger partial charge in [-0.15, -0.1) is 10.2 Å². The van der Waals surface area contributed by atoms with Gasteiger partial charge in [-0.3, -0.25) is 4.79 Å². The number of carbonyl (C=O) groups is 2. The lowest BCUT2D eigenvalue weighted by atomic mass is 10.2. The van der Waals surface area contributed by atoms with Crippen LogP contribution in [-0.4, -0.2) is 29.1 Å². The number of aldehydes is 1. The molecule has 0 N–H and O–H groups in total. The molecule has 24 heavy (non-hydrogen) atoms. The zero-order chi connectivity index (χ0) is 16.8. The lowest BCUT2D eigenvalue weighted by molar-refractivity contribution is -0.148. The smallest absolute Gasteiger partial charge is 0.344 e. The van der Waals surface area contributed by atoms with Gasteiger partial charge in [0.1, 0.15) is 5.75 Å². The van der Waals surface area contributed by atoms with E-state index in [0.717, 1.165) is 0 Å². The number of para-hydroxylation sites is 1. The highest BCUT2D eigenvalue weighted by molar-refractivity contribution is 5.79. The molecule has 0 amide bonds. The molecule has 2 heterocycles. The van der Waals surface area contributed by atoms with Crippen molar-refractivity contribution in [3.63, 3.8) is 0 Å². The topological polar surface area (TPSA) is 105 Å². The van der Waals surface area contributed by atoms with Crippen LogP contribution in [0.25, 0.3) is 11.7 Å². The van der Waals surface area contributed by atoms with Crippen LogP contribution in [-0.2, 0) is 16.1 Å². The van der Waals surface area contributed by atoms with Crippen LogP contribution < -0.4 is 4.74 Å². The fourth-order valence-corrected chi connectivity index (χ4v) is 1.84. The second kappa shape index (κ2) is 7.23. The van der Waals surface area contributed by atoms with Gasteiger partial charge in [-0.05, 0) is 24.3 Å². The van der Waals surface area contributed by atoms with Crippen molar-refractivity contribution >= 4 is 12.3 Å². The van der Waals surface area contributed by atoms with Crippen molar-refractivity contribution in [2.45, 2.75) is 6.61 Å². The number of aromatic nitrogens is 2. The zero-order valence-corrected chi connectivity index (χ0v) is 12.4. The van der Waals surface area contributed by atoms with E-state index in [1.165, 1.54) is 6.26 Å². The second-order valence-corrected chi connectivity index (χ2v) is 4.58. The van der Waals surface area contributed by atoms with Gasteiger partial charge in [-0.25, -0.2) is 4.79 Å². The number of hydrogen-bond donors (Lipinski definition) is 0. The van der Waals surface area contributed by atoms with Crippen LogP contribution in [0.5, 0.6) is 5.75 Å². The summed E-state index contributed by atoms with van der Waals surface area (Å²) in [6, 6.07) is 9.92. The number of furan rings is 1. The molecule has 0 spiro atoms. The Hall–Kier alpha value is -3.42. The normalized spacial score (nSPS) is 10.3. The third kappa shape index (κ3) is 3.67. The third-order valence-electron chi connectivity index (χ3n) is 2.95. The van der Waals surface area contributed by atoms with Crippen LogP contribution in [0.1, 0.15) is 16.2 Å². The Morgan fingerprint density at radius 3 is 2.83 bits per heavy atom. The molecule has 0 bridgehead atoms. The van der Waals surface area contributed by atoms with Crippen molar-refractivity contribution in [1.29, 1.82) is 0 Å². The standard InChI is InChI=1S/C16H12N2O6/c19-8-11-4-1-2-5-12(11)22-10-15(20)23-9-14-17-18-16(24-14)13-6-3-7-21-13/h1-8H,9-10H2. The lowest BCUT2D eigenvalue weighted by Crippen LogP contribution is -2.15. The van der Waals surface area contributed by atoms with Gasteiger partial charge in [0.15, 0.2) is 25.3 Å². The predicted octanol–water partition coefficient (Wildman–Crippen LogP) is 2.26. The number of benzene rings is 1. The maximum Gasteiger partial charge on any atom is 0.344 e. The molecule has 0 aliphatic carbocycles. The Bertz CT molecular complexity index is 825. The lowest BCUT2D eigenvalue weighted by Gasteiger charge is -2.07. The number of esters is 1. The van der Waals surface area contributed by atoms with Gasteiger partial charge in [0, 0.05) is 0 Å². The molecule has 8 heteroatoms. The molecule has 3 aromatic rings. The highest BCUT2D eigenvalue weighted by Crippen LogP contribution is 2.18. The van der Waals surface area contributed by atoms with E-state index in [1.54, 1.807) is 36.4 Å². The van der Waals surface area contributed by atoms with Gasteiger partial charge in [0.2, 0.25) is 0 Å². The average Bonchev–Trinajstić information content (AvgIpc) is 3.29. The van der Waals surface area contributed by atoms with Crippen LogP contribution in [0.4, 0.5) is 0 Å². The van der Waals surface area contributed by atoms with E-state index < -0.39 is 5.97 Å². The van der Waals surface area contributed by atoms with Gasteiger partial charge < -0.3 is 18.3 Å². The molecule has 0 saturated carbocycles. The fraction of sp³-hybridized carbons (Fsp3) is 0.125. The van der Waals surface area contributed by atoms with Crippen molar-refractivity contribution in [3.8, 4) is 17.4 Å². The maximum atomic E-state index is 11.7. The highest BCUT2D eigenvalue weighted by atomic mass is 16.6. The summed E-state index contributed by atoms with van der Waals surface area (Å²) in [7, 11) is 0. The molecule has 122 valence electrons. The minimum Gasteiger partial charge on any atom is -0.481 e. The van der Waals surface area contributed by atoms with Crippen molar-refractivity contribution < 1.29 is 27.9 Å². The Morgan fingerprint density at radius 2 is 2.04 bits per heavy atom. The Labute approximate surface area is 136 Å². The summed E-state index contributed by atoms with van der Waals surface area (Å²) in [5.41, 5.74) is 0.352. The minimum absolute atomic E-state index is 0.128. The van der Waals surface area contributed by atoms with E-state index in [2.05, 4.69) is 10.2 Å². The molecule has 8 nitrogen and oxygen atoms in total. The summed E-state index contributed by atoms with van der Waals surface area (Å²) in [6.07, 6.45) is 2.13. The van der Waals surface area contributed by atoms with E-state index in [1.807, 2.05) is 0 Å². The average molecular weight is 328 g/mol. The maximum absolute atomic E-state index is 11.7. The quantitative estimate of drug-likeness (QED) is 0.480. The summed E-state index contributed by atoms with van der Waals surface area (Å²) >= 11 is 0. The van der Waals surface area contributed by atoms with Crippen LogP contribution >= 0.6 is 0 Å². The highest BCUT2D eigenvalue weighted by Gasteiger charge is 2.13. The number of rotatable bonds is 7. The summed E-state index contributed by atoms with van der Waals surface area (Å²) in [6.45, 7) is -0.532. The fourth-order valence-electron chi connectivity index (χ4n) is 1.84. The molecule has 3 rings (SSSR count). The van der Waals surface area contributed by atoms with E-state index >= 15 is 0 Å². The van der Waals surface area contributed by atoms with Gasteiger partial charge >= 0.3 is 5.97 Å². The van der Waals surface area contributed by atoms with Crippen molar-refractivity contribution in [3.05, 3.63) is 54.1 Å². The molecule has 0 aliphatic rings. The van der Waals surface area contributed by atoms with Crippen molar-refractivity contribution in [2.24, 2.45) is 0 Å². The molecule has 2 aromatic heterocycles. The molecule has 0 aliphatic heterocycles. The monoisotopic (exact) mass is 328 g/mol. The van der Waals surface area contributed by atoms with Gasteiger partial charge in [0.25, 0.3) is 11.8 Å². The van der Waals surface area contributed by atoms with Crippen LogP contribution in [0.15, 0.2) is 51.5 Å². The zero-order valence-electron chi connectivity index (χ0n) is 12.4. The summed E-state index contributed by atoms with van der Waals surface area (Å²) in [4.78, 5) is 22.5. The molecule has 0 saturated heterocycles. The molecule has 0 unspecified atom stereocenters. The predicted molar refractivity (Wildman–Crippen MR) is 79.1 cm³/mol. The van der Waals surface area contributed by atoms with Crippen LogP contribution in [0.2, 0.25) is 0 Å². The number of hydrogen-bond acceptors (Lipinski definition) is 8. The molecular weight excluding hydrogens is 316 g/mol. The number of ether oxygens (including phenoxy) is 2. The molecule has 0 atom stereocenters. The van der Waals surface area contributed by atoms with Gasteiger partial charge in [-0.1, -0.05) is 12.1 Å². The van der Waals surface area contributed by atoms with E-state index in [4.69, 9.17) is 18.3 Å². The van der Waals surface area contributed by atoms with Crippen molar-refractivity contribution in [1.82, 2.24) is 10.2 Å². The van der Waals surface area contributed by atoms with Gasteiger partial charge in [-0.2, -0.15) is 0 Å². The Kier molecular flexibility index (Phi) is 4.66. The van der Waals surface area contributed by atoms with Gasteiger partial charge in [0.05, 0.1) is 11.8 Å². The molecule has 0 fully saturated rings. The first-order valence-electron chi connectivity index (χ1n) is 6.95. The summed E-state index contributed by atoms with van der Waals surface area (Å²) in [5, 5.41) is 7.53. The van der Waals surface area contributed by atoms with Crippen LogP contribution in [0, 0.1) is 0 Å². The first-order valence-corrected chi connectivity index (χ1v) is 6.95. The molecule has 1 aromatic carbocycles. The first-order chi connectivity index (χ1) is 11.8. The van der Waals surface area contributed by atoms with E-state index in [0.29, 0.717) is 23.4 Å². The van der Waals surface area contributed by atoms with Crippen LogP contribution in [0.3, 0.4) is 0 Å². The van der Waals surface area contributed by atoms with E-state index in [9.17, 15) is 9.59 Å². The third-order valence-corrected chi connectivity index (χ3v) is 2.95. The SMILES string of the molecule is O=Cc1ccccc1OCC(=O)OCc1nnc(-c2ccco2)o1. The Morgan fingerprint density at radius 1 is 1.17 bits per heavy atom. The number of carbonyl (C=O) groups excluding carboxylic acids is 2. The minimum atomic E-state index is -0.631. The van der Waals surface area contributed by atoms with Crippen molar-refractivity contribution in [2.75, 3.05) is 6.61 Å². The second-order valence-electron chi connectivity index (χ2n) is 4.58. The largest absolute Gasteiger partial charge is 0.481 e. The number of nitrogens with zero attached hydrogens (tertiary/aromatic N) is 2. The van der Waals surface area contributed by atoms with E-state index in [-0.39, 0.29) is 25.0 Å².